The second-order valence-electron chi connectivity index (χ2n) is 6.58. The molecule has 1 saturated heterocycles. The molecule has 1 aliphatic carbocycles. The number of fused-ring (bicyclic) bond motifs is 1. The van der Waals surface area contributed by atoms with Gasteiger partial charge in [-0.1, -0.05) is 23.8 Å². The van der Waals surface area contributed by atoms with Gasteiger partial charge in [0, 0.05) is 24.1 Å². The van der Waals surface area contributed by atoms with Crippen molar-refractivity contribution in [2.24, 2.45) is 11.8 Å². The fraction of sp³-hybridized carbons (Fsp3) is 0.421. The number of carbonyl (C=O) groups is 3. The number of hydrogen-bond donors (Lipinski definition) is 1. The zero-order chi connectivity index (χ0) is 18.8. The van der Waals surface area contributed by atoms with Crippen LogP contribution < -0.4 is 10.1 Å². The number of likely N-dealkylation sites (tertiary alicyclic amines) is 1. The third-order valence-electron chi connectivity index (χ3n) is 4.92. The van der Waals surface area contributed by atoms with Crippen molar-refractivity contribution in [2.75, 3.05) is 19.0 Å². The van der Waals surface area contributed by atoms with E-state index in [1.54, 1.807) is 12.1 Å². The maximum absolute atomic E-state index is 12.4. The third-order valence-corrected chi connectivity index (χ3v) is 5.32. The number of allylic oxidation sites excluding steroid dienone is 2. The molecule has 1 heterocycles. The number of imide groups is 1. The molecule has 0 spiro atoms. The average Bonchev–Trinajstić information content (AvgIpc) is 2.87. The van der Waals surface area contributed by atoms with Crippen LogP contribution in [0, 0.1) is 18.8 Å². The van der Waals surface area contributed by atoms with Crippen molar-refractivity contribution in [1.82, 2.24) is 4.90 Å². The number of anilines is 1. The summed E-state index contributed by atoms with van der Waals surface area (Å²) in [6.07, 6.45) is 5.11. The fourth-order valence-electron chi connectivity index (χ4n) is 3.45. The summed E-state index contributed by atoms with van der Waals surface area (Å²) in [5.74, 6) is -0.712. The van der Waals surface area contributed by atoms with Crippen molar-refractivity contribution in [3.8, 4) is 5.75 Å². The van der Waals surface area contributed by atoms with E-state index in [0.29, 0.717) is 29.3 Å². The molecule has 1 fully saturated rings. The number of ether oxygens (including phenoxy) is 1. The molecule has 0 aromatic heterocycles. The van der Waals surface area contributed by atoms with E-state index in [2.05, 4.69) is 5.32 Å². The number of carbonyl (C=O) groups excluding carboxylic acids is 3. The van der Waals surface area contributed by atoms with Gasteiger partial charge in [0.15, 0.2) is 0 Å². The lowest BCUT2D eigenvalue weighted by Crippen LogP contribution is -2.34. The summed E-state index contributed by atoms with van der Waals surface area (Å²) >= 11 is 6.06. The van der Waals surface area contributed by atoms with E-state index in [1.807, 2.05) is 19.1 Å². The number of aryl methyl sites for hydroxylation is 1. The van der Waals surface area contributed by atoms with Crippen molar-refractivity contribution in [3.63, 3.8) is 0 Å². The summed E-state index contributed by atoms with van der Waals surface area (Å²) in [5, 5.41) is 3.31. The summed E-state index contributed by atoms with van der Waals surface area (Å²) in [7, 11) is 1.49. The molecular weight excluding hydrogens is 356 g/mol. The number of rotatable bonds is 5. The molecule has 7 heteroatoms. The Labute approximate surface area is 157 Å². The number of benzene rings is 1. The van der Waals surface area contributed by atoms with Gasteiger partial charge in [0.1, 0.15) is 5.75 Å². The van der Waals surface area contributed by atoms with Crippen LogP contribution in [-0.4, -0.2) is 36.3 Å². The molecule has 2 aliphatic rings. The van der Waals surface area contributed by atoms with E-state index in [4.69, 9.17) is 16.3 Å². The largest absolute Gasteiger partial charge is 0.495 e. The van der Waals surface area contributed by atoms with E-state index in [-0.39, 0.29) is 42.5 Å². The Morgan fingerprint density at radius 1 is 1.23 bits per heavy atom. The van der Waals surface area contributed by atoms with E-state index in [1.165, 1.54) is 12.0 Å². The molecule has 6 nitrogen and oxygen atoms in total. The van der Waals surface area contributed by atoms with Crippen LogP contribution >= 0.6 is 11.6 Å². The zero-order valence-corrected chi connectivity index (χ0v) is 15.5. The Kier molecular flexibility index (Phi) is 5.32. The minimum atomic E-state index is -0.293. The lowest BCUT2D eigenvalue weighted by atomic mass is 9.85. The quantitative estimate of drug-likeness (QED) is 0.633. The van der Waals surface area contributed by atoms with Gasteiger partial charge in [0.25, 0.3) is 0 Å². The van der Waals surface area contributed by atoms with Crippen LogP contribution in [0.5, 0.6) is 5.75 Å². The van der Waals surface area contributed by atoms with Crippen molar-refractivity contribution in [3.05, 3.63) is 34.9 Å². The van der Waals surface area contributed by atoms with Crippen LogP contribution in [-0.2, 0) is 14.4 Å². The minimum Gasteiger partial charge on any atom is -0.495 e. The zero-order valence-electron chi connectivity index (χ0n) is 14.8. The maximum atomic E-state index is 12.4. The fourth-order valence-corrected chi connectivity index (χ4v) is 3.60. The molecule has 3 rings (SSSR count). The molecule has 0 radical (unpaired) electrons. The van der Waals surface area contributed by atoms with Gasteiger partial charge in [0.2, 0.25) is 17.7 Å². The SMILES string of the molecule is COc1cc(Cl)c(C)cc1NC(=O)CCN1C(=O)[C@@H]2CC=CC[C@H]2C1=O. The van der Waals surface area contributed by atoms with Gasteiger partial charge in [-0.25, -0.2) is 0 Å². The Hall–Kier alpha value is -2.34. The lowest BCUT2D eigenvalue weighted by Gasteiger charge is -2.15. The predicted octanol–water partition coefficient (Wildman–Crippen LogP) is 2.94. The highest BCUT2D eigenvalue weighted by atomic mass is 35.5. The Morgan fingerprint density at radius 2 is 1.85 bits per heavy atom. The van der Waals surface area contributed by atoms with Crippen molar-refractivity contribution in [1.29, 1.82) is 0 Å². The van der Waals surface area contributed by atoms with Crippen LogP contribution in [0.15, 0.2) is 24.3 Å². The molecule has 1 aliphatic heterocycles. The molecule has 0 bridgehead atoms. The Bertz CT molecular complexity index is 764. The Balaban J connectivity index is 1.62. The van der Waals surface area contributed by atoms with Crippen LogP contribution in [0.1, 0.15) is 24.8 Å². The van der Waals surface area contributed by atoms with Gasteiger partial charge in [0.05, 0.1) is 24.6 Å². The number of amides is 3. The monoisotopic (exact) mass is 376 g/mol. The first-order chi connectivity index (χ1) is 12.4. The normalized spacial score (nSPS) is 21.7. The first kappa shape index (κ1) is 18.5. The number of halogens is 1. The summed E-state index contributed by atoms with van der Waals surface area (Å²) in [5.41, 5.74) is 1.32. The van der Waals surface area contributed by atoms with Gasteiger partial charge in [-0.15, -0.1) is 0 Å². The van der Waals surface area contributed by atoms with Crippen LogP contribution in [0.3, 0.4) is 0 Å². The van der Waals surface area contributed by atoms with Gasteiger partial charge in [-0.3, -0.25) is 19.3 Å². The number of hydrogen-bond acceptors (Lipinski definition) is 4. The van der Waals surface area contributed by atoms with Crippen LogP contribution in [0.4, 0.5) is 5.69 Å². The maximum Gasteiger partial charge on any atom is 0.233 e. The summed E-state index contributed by atoms with van der Waals surface area (Å²) in [6.45, 7) is 1.92. The summed E-state index contributed by atoms with van der Waals surface area (Å²) < 4.78 is 5.23. The molecule has 0 saturated carbocycles. The molecular formula is C19H21ClN2O4. The smallest absolute Gasteiger partial charge is 0.233 e. The van der Waals surface area contributed by atoms with Crippen molar-refractivity contribution in [2.45, 2.75) is 26.2 Å². The third kappa shape index (κ3) is 3.46. The molecule has 26 heavy (non-hydrogen) atoms. The summed E-state index contributed by atoms with van der Waals surface area (Å²) in [6, 6.07) is 3.36. The molecule has 1 aromatic rings. The second kappa shape index (κ2) is 7.50. The topological polar surface area (TPSA) is 75.7 Å². The van der Waals surface area contributed by atoms with Gasteiger partial charge in [-0.2, -0.15) is 0 Å². The first-order valence-corrected chi connectivity index (χ1v) is 8.94. The van der Waals surface area contributed by atoms with E-state index < -0.39 is 0 Å². The minimum absolute atomic E-state index is 0.0369. The highest BCUT2D eigenvalue weighted by Crippen LogP contribution is 2.35. The highest BCUT2D eigenvalue weighted by Gasteiger charge is 2.46. The van der Waals surface area contributed by atoms with Gasteiger partial charge in [-0.05, 0) is 31.4 Å². The van der Waals surface area contributed by atoms with Gasteiger partial charge >= 0.3 is 0 Å². The van der Waals surface area contributed by atoms with Crippen LogP contribution in [0.25, 0.3) is 0 Å². The predicted molar refractivity (Wildman–Crippen MR) is 98.1 cm³/mol. The molecule has 3 amide bonds. The molecule has 2 atom stereocenters. The molecule has 138 valence electrons. The highest BCUT2D eigenvalue weighted by molar-refractivity contribution is 6.31. The molecule has 0 unspecified atom stereocenters. The van der Waals surface area contributed by atoms with Crippen molar-refractivity contribution >= 4 is 35.0 Å². The first-order valence-electron chi connectivity index (χ1n) is 8.56. The number of nitrogens with zero attached hydrogens (tertiary/aromatic N) is 1. The number of nitrogens with one attached hydrogen (secondary N) is 1. The van der Waals surface area contributed by atoms with Crippen LogP contribution in [0.2, 0.25) is 5.02 Å². The Morgan fingerprint density at radius 3 is 2.42 bits per heavy atom. The lowest BCUT2D eigenvalue weighted by molar-refractivity contribution is -0.140. The second-order valence-corrected chi connectivity index (χ2v) is 6.99. The van der Waals surface area contributed by atoms with Gasteiger partial charge < -0.3 is 10.1 Å². The average molecular weight is 377 g/mol. The van der Waals surface area contributed by atoms with E-state index in [0.717, 1.165) is 5.56 Å². The number of methoxy groups -OCH3 is 1. The molecule has 1 N–H and O–H groups in total. The standard InChI is InChI=1S/C19H21ClN2O4/c1-11-9-15(16(26-2)10-14(11)20)21-17(23)7-8-22-18(24)12-5-3-4-6-13(12)19(22)25/h3-4,9-10,12-13H,5-8H2,1-2H3,(H,21,23)/t12-,13-/m1/s1. The van der Waals surface area contributed by atoms with E-state index in [9.17, 15) is 14.4 Å². The van der Waals surface area contributed by atoms with E-state index >= 15 is 0 Å². The van der Waals surface area contributed by atoms with Crippen molar-refractivity contribution < 1.29 is 19.1 Å². The molecule has 1 aromatic carbocycles. The summed E-state index contributed by atoms with van der Waals surface area (Å²) in [4.78, 5) is 38.3.